The van der Waals surface area contributed by atoms with Gasteiger partial charge in [0.25, 0.3) is 0 Å². The molecule has 1 N–H and O–H groups in total. The lowest BCUT2D eigenvalue weighted by Gasteiger charge is -2.10. The first-order valence-corrected chi connectivity index (χ1v) is 6.02. The zero-order valence-electron chi connectivity index (χ0n) is 8.72. The SMILES string of the molecule is O=C(Cn1ncsc1=O)NC[C@H]1CCCO1. The van der Waals surface area contributed by atoms with Gasteiger partial charge in [-0.25, -0.2) is 4.68 Å². The Balaban J connectivity index is 1.76. The quantitative estimate of drug-likeness (QED) is 0.781. The molecule has 0 radical (unpaired) electrons. The van der Waals surface area contributed by atoms with E-state index < -0.39 is 0 Å². The second kappa shape index (κ2) is 5.22. The van der Waals surface area contributed by atoms with Gasteiger partial charge < -0.3 is 10.1 Å². The molecule has 0 saturated carbocycles. The molecule has 1 atom stereocenters. The van der Waals surface area contributed by atoms with Crippen molar-refractivity contribution < 1.29 is 9.53 Å². The molecule has 1 aromatic heterocycles. The van der Waals surface area contributed by atoms with Gasteiger partial charge in [0.15, 0.2) is 0 Å². The van der Waals surface area contributed by atoms with Crippen LogP contribution in [0.2, 0.25) is 0 Å². The van der Waals surface area contributed by atoms with Crippen molar-refractivity contribution >= 4 is 17.2 Å². The Morgan fingerprint density at radius 1 is 1.75 bits per heavy atom. The molecule has 1 aliphatic heterocycles. The van der Waals surface area contributed by atoms with Crippen LogP contribution in [0.15, 0.2) is 10.3 Å². The maximum Gasteiger partial charge on any atom is 0.325 e. The van der Waals surface area contributed by atoms with Gasteiger partial charge in [0.05, 0.1) is 6.10 Å². The van der Waals surface area contributed by atoms with Crippen molar-refractivity contribution in [2.75, 3.05) is 13.2 Å². The third kappa shape index (κ3) is 2.89. The first kappa shape index (κ1) is 11.3. The zero-order valence-corrected chi connectivity index (χ0v) is 9.53. The average molecular weight is 243 g/mol. The average Bonchev–Trinajstić information content (AvgIpc) is 2.88. The van der Waals surface area contributed by atoms with E-state index in [4.69, 9.17) is 4.74 Å². The molecule has 1 aromatic rings. The molecule has 0 spiro atoms. The Kier molecular flexibility index (Phi) is 3.68. The summed E-state index contributed by atoms with van der Waals surface area (Å²) in [6.45, 7) is 1.26. The molecule has 1 saturated heterocycles. The van der Waals surface area contributed by atoms with Crippen LogP contribution in [0.5, 0.6) is 0 Å². The van der Waals surface area contributed by atoms with Crippen LogP contribution in [0.3, 0.4) is 0 Å². The summed E-state index contributed by atoms with van der Waals surface area (Å²) in [7, 11) is 0. The molecule has 1 fully saturated rings. The first-order valence-electron chi connectivity index (χ1n) is 5.14. The van der Waals surface area contributed by atoms with Crippen LogP contribution in [0.4, 0.5) is 0 Å². The number of nitrogens with one attached hydrogen (secondary N) is 1. The Hall–Kier alpha value is -1.21. The minimum absolute atomic E-state index is 0.0188. The van der Waals surface area contributed by atoms with Crippen LogP contribution in [-0.2, 0) is 16.1 Å². The van der Waals surface area contributed by atoms with Gasteiger partial charge in [0, 0.05) is 13.2 Å². The Labute approximate surface area is 96.2 Å². The molecular formula is C9H13N3O3S. The second-order valence-electron chi connectivity index (χ2n) is 3.60. The lowest BCUT2D eigenvalue weighted by molar-refractivity contribution is -0.122. The van der Waals surface area contributed by atoms with Gasteiger partial charge in [-0.3, -0.25) is 9.59 Å². The topological polar surface area (TPSA) is 73.2 Å². The van der Waals surface area contributed by atoms with Gasteiger partial charge in [0.1, 0.15) is 12.1 Å². The van der Waals surface area contributed by atoms with Crippen LogP contribution < -0.4 is 10.2 Å². The highest BCUT2D eigenvalue weighted by Crippen LogP contribution is 2.10. The number of hydrogen-bond donors (Lipinski definition) is 1. The van der Waals surface area contributed by atoms with Crippen LogP contribution in [-0.4, -0.2) is 34.9 Å². The summed E-state index contributed by atoms with van der Waals surface area (Å²) >= 11 is 0.981. The highest BCUT2D eigenvalue weighted by atomic mass is 32.1. The lowest BCUT2D eigenvalue weighted by atomic mass is 10.2. The van der Waals surface area contributed by atoms with Gasteiger partial charge in [-0.05, 0) is 12.8 Å². The van der Waals surface area contributed by atoms with E-state index in [1.54, 1.807) is 0 Å². The predicted molar refractivity (Wildman–Crippen MR) is 58.4 cm³/mol. The van der Waals surface area contributed by atoms with E-state index >= 15 is 0 Å². The maximum absolute atomic E-state index is 11.5. The maximum atomic E-state index is 11.5. The largest absolute Gasteiger partial charge is 0.376 e. The number of carbonyl (C=O) groups is 1. The molecule has 2 heterocycles. The van der Waals surface area contributed by atoms with Crippen LogP contribution in [0.25, 0.3) is 0 Å². The molecule has 0 aromatic carbocycles. The minimum Gasteiger partial charge on any atom is -0.376 e. The molecule has 7 heteroatoms. The zero-order chi connectivity index (χ0) is 11.4. The molecule has 6 nitrogen and oxygen atoms in total. The smallest absolute Gasteiger partial charge is 0.325 e. The number of carbonyl (C=O) groups excluding carboxylic acids is 1. The number of ether oxygens (including phenoxy) is 1. The highest BCUT2D eigenvalue weighted by molar-refractivity contribution is 7.06. The van der Waals surface area contributed by atoms with Gasteiger partial charge in [-0.2, -0.15) is 5.10 Å². The van der Waals surface area contributed by atoms with Crippen molar-refractivity contribution in [3.8, 4) is 0 Å². The summed E-state index contributed by atoms with van der Waals surface area (Å²) in [5, 5.41) is 6.50. The molecular weight excluding hydrogens is 230 g/mol. The first-order chi connectivity index (χ1) is 7.75. The normalized spacial score (nSPS) is 19.9. The summed E-state index contributed by atoms with van der Waals surface area (Å²) in [6.07, 6.45) is 2.15. The fourth-order valence-electron chi connectivity index (χ4n) is 1.56. The number of nitrogens with zero attached hydrogens (tertiary/aromatic N) is 2. The molecule has 2 rings (SSSR count). The van der Waals surface area contributed by atoms with Crippen molar-refractivity contribution in [2.24, 2.45) is 0 Å². The summed E-state index contributed by atoms with van der Waals surface area (Å²) in [5.74, 6) is -0.205. The fourth-order valence-corrected chi connectivity index (χ4v) is 2.05. The van der Waals surface area contributed by atoms with Crippen LogP contribution in [0.1, 0.15) is 12.8 Å². The van der Waals surface area contributed by atoms with Crippen LogP contribution in [0, 0.1) is 0 Å². The Bertz CT molecular complexity index is 408. The monoisotopic (exact) mass is 243 g/mol. The van der Waals surface area contributed by atoms with Crippen LogP contribution >= 0.6 is 11.3 Å². The Morgan fingerprint density at radius 2 is 2.62 bits per heavy atom. The second-order valence-corrected chi connectivity index (χ2v) is 4.40. The van der Waals surface area contributed by atoms with Crippen molar-refractivity contribution in [2.45, 2.75) is 25.5 Å². The molecule has 1 amide bonds. The number of hydrogen-bond acceptors (Lipinski definition) is 5. The third-order valence-electron chi connectivity index (χ3n) is 2.40. The number of aromatic nitrogens is 2. The third-order valence-corrected chi connectivity index (χ3v) is 3.01. The molecule has 1 aliphatic rings. The molecule has 0 aliphatic carbocycles. The molecule has 0 bridgehead atoms. The van der Waals surface area contributed by atoms with E-state index in [-0.39, 0.29) is 23.4 Å². The van der Waals surface area contributed by atoms with E-state index in [9.17, 15) is 9.59 Å². The predicted octanol–water partition coefficient (Wildman–Crippen LogP) is -0.400. The molecule has 16 heavy (non-hydrogen) atoms. The van der Waals surface area contributed by atoms with Gasteiger partial charge in [-0.1, -0.05) is 11.3 Å². The summed E-state index contributed by atoms with van der Waals surface area (Å²) in [5.41, 5.74) is 1.43. The summed E-state index contributed by atoms with van der Waals surface area (Å²) in [4.78, 5) is 22.4. The fraction of sp³-hybridized carbons (Fsp3) is 0.667. The minimum atomic E-state index is -0.215. The Morgan fingerprint density at radius 3 is 3.25 bits per heavy atom. The van der Waals surface area contributed by atoms with E-state index in [1.165, 1.54) is 5.51 Å². The van der Waals surface area contributed by atoms with E-state index in [1.807, 2.05) is 0 Å². The van der Waals surface area contributed by atoms with Gasteiger partial charge in [0.2, 0.25) is 5.91 Å². The van der Waals surface area contributed by atoms with E-state index in [0.717, 1.165) is 35.5 Å². The van der Waals surface area contributed by atoms with Crippen molar-refractivity contribution in [1.29, 1.82) is 0 Å². The highest BCUT2D eigenvalue weighted by Gasteiger charge is 2.16. The molecule has 0 unspecified atom stereocenters. The van der Waals surface area contributed by atoms with Gasteiger partial charge >= 0.3 is 4.87 Å². The van der Waals surface area contributed by atoms with Crippen molar-refractivity contribution in [1.82, 2.24) is 15.1 Å². The van der Waals surface area contributed by atoms with E-state index in [2.05, 4.69) is 10.4 Å². The van der Waals surface area contributed by atoms with Crippen molar-refractivity contribution in [3.63, 3.8) is 0 Å². The number of amides is 1. The molecule has 88 valence electrons. The van der Waals surface area contributed by atoms with E-state index in [0.29, 0.717) is 6.54 Å². The number of rotatable bonds is 4. The lowest BCUT2D eigenvalue weighted by Crippen LogP contribution is -2.36. The van der Waals surface area contributed by atoms with Gasteiger partial charge in [-0.15, -0.1) is 0 Å². The summed E-state index contributed by atoms with van der Waals surface area (Å²) < 4.78 is 6.51. The summed E-state index contributed by atoms with van der Waals surface area (Å²) in [6, 6.07) is 0. The van der Waals surface area contributed by atoms with Crippen molar-refractivity contribution in [3.05, 3.63) is 15.2 Å². The standard InChI is InChI=1S/C9H13N3O3S/c13-8(5-12-9(14)16-6-11-12)10-4-7-2-1-3-15-7/h6-7H,1-5H2,(H,10,13)/t7-/m1/s1.